The quantitative estimate of drug-likeness (QED) is 0.779. The Hall–Kier alpha value is -1.20. The lowest BCUT2D eigenvalue weighted by atomic mass is 10.1. The topological polar surface area (TPSA) is 46.6 Å². The molecule has 114 valence electrons. The van der Waals surface area contributed by atoms with E-state index in [-0.39, 0.29) is 11.9 Å². The lowest BCUT2D eigenvalue weighted by Gasteiger charge is -2.16. The van der Waals surface area contributed by atoms with E-state index in [0.29, 0.717) is 29.0 Å². The van der Waals surface area contributed by atoms with Gasteiger partial charge in [-0.3, -0.25) is 9.59 Å². The van der Waals surface area contributed by atoms with Crippen LogP contribution < -0.4 is 0 Å². The second-order valence-corrected chi connectivity index (χ2v) is 6.60. The first-order valence-electron chi connectivity index (χ1n) is 6.79. The van der Waals surface area contributed by atoms with Crippen molar-refractivity contribution in [2.75, 3.05) is 26.0 Å². The Balaban J connectivity index is 1.82. The van der Waals surface area contributed by atoms with E-state index in [4.69, 9.17) is 11.6 Å². The molecule has 1 atom stereocenters. The van der Waals surface area contributed by atoms with Gasteiger partial charge in [-0.25, -0.2) is 0 Å². The molecule has 1 saturated heterocycles. The van der Waals surface area contributed by atoms with Gasteiger partial charge in [-0.2, -0.15) is 0 Å². The van der Waals surface area contributed by atoms with Gasteiger partial charge in [0.2, 0.25) is 5.91 Å². The van der Waals surface area contributed by atoms with Crippen LogP contribution in [0.4, 0.5) is 0 Å². The normalized spacial score (nSPS) is 17.8. The standard InChI is InChI=1S/C15H18ClNO3S/c1-20-15(19)10-21-12-6-7-17(9-12)14(18)8-11-4-2-3-5-13(11)16/h2-5,12H,6-10H2,1H3/t12-/m1/s1. The number of amides is 1. The maximum Gasteiger partial charge on any atom is 0.315 e. The monoisotopic (exact) mass is 327 g/mol. The number of benzene rings is 1. The molecule has 2 rings (SSSR count). The van der Waals surface area contributed by atoms with Crippen LogP contribution in [0.15, 0.2) is 24.3 Å². The van der Waals surface area contributed by atoms with Crippen molar-refractivity contribution in [1.29, 1.82) is 0 Å². The zero-order valence-corrected chi connectivity index (χ0v) is 13.5. The molecule has 0 saturated carbocycles. The highest BCUT2D eigenvalue weighted by Gasteiger charge is 2.27. The number of nitrogens with zero attached hydrogens (tertiary/aromatic N) is 1. The summed E-state index contributed by atoms with van der Waals surface area (Å²) < 4.78 is 4.62. The van der Waals surface area contributed by atoms with Crippen molar-refractivity contribution < 1.29 is 14.3 Å². The number of likely N-dealkylation sites (tertiary alicyclic amines) is 1. The Morgan fingerprint density at radius 3 is 2.90 bits per heavy atom. The number of thioether (sulfide) groups is 1. The molecule has 1 aliphatic rings. The molecular formula is C15H18ClNO3S. The third-order valence-corrected chi connectivity index (χ3v) is 5.09. The molecule has 1 aliphatic heterocycles. The molecule has 1 aromatic rings. The van der Waals surface area contributed by atoms with Gasteiger partial charge in [0.05, 0.1) is 19.3 Å². The molecule has 4 nitrogen and oxygen atoms in total. The smallest absolute Gasteiger partial charge is 0.315 e. The summed E-state index contributed by atoms with van der Waals surface area (Å²) in [7, 11) is 1.39. The number of ether oxygens (including phenoxy) is 1. The molecule has 0 aromatic heterocycles. The summed E-state index contributed by atoms with van der Waals surface area (Å²) in [6, 6.07) is 7.40. The lowest BCUT2D eigenvalue weighted by molar-refractivity contribution is -0.137. The van der Waals surface area contributed by atoms with Gasteiger partial charge in [0.15, 0.2) is 0 Å². The van der Waals surface area contributed by atoms with E-state index < -0.39 is 0 Å². The zero-order chi connectivity index (χ0) is 15.2. The zero-order valence-electron chi connectivity index (χ0n) is 11.9. The van der Waals surface area contributed by atoms with Crippen LogP contribution in [0, 0.1) is 0 Å². The van der Waals surface area contributed by atoms with Crippen LogP contribution in [0.1, 0.15) is 12.0 Å². The van der Waals surface area contributed by atoms with Crippen molar-refractivity contribution in [1.82, 2.24) is 4.90 Å². The van der Waals surface area contributed by atoms with E-state index in [1.54, 1.807) is 17.8 Å². The summed E-state index contributed by atoms with van der Waals surface area (Å²) in [5.41, 5.74) is 0.856. The summed E-state index contributed by atoms with van der Waals surface area (Å²) in [6.45, 7) is 1.42. The minimum atomic E-state index is -0.221. The van der Waals surface area contributed by atoms with Gasteiger partial charge in [-0.1, -0.05) is 29.8 Å². The highest BCUT2D eigenvalue weighted by Crippen LogP contribution is 2.24. The summed E-state index contributed by atoms with van der Waals surface area (Å²) in [4.78, 5) is 25.2. The Bertz CT molecular complexity index is 523. The predicted molar refractivity (Wildman–Crippen MR) is 84.6 cm³/mol. The lowest BCUT2D eigenvalue weighted by Crippen LogP contribution is -2.30. The van der Waals surface area contributed by atoms with Crippen LogP contribution in [0.2, 0.25) is 5.02 Å². The SMILES string of the molecule is COC(=O)CS[C@@H]1CCN(C(=O)Cc2ccccc2Cl)C1. The second-order valence-electron chi connectivity index (χ2n) is 4.91. The van der Waals surface area contributed by atoms with Crippen molar-refractivity contribution in [3.05, 3.63) is 34.9 Å². The number of hydrogen-bond donors (Lipinski definition) is 0. The molecule has 0 radical (unpaired) electrons. The fraction of sp³-hybridized carbons (Fsp3) is 0.467. The first kappa shape index (κ1) is 16.2. The average molecular weight is 328 g/mol. The molecule has 1 heterocycles. The molecular weight excluding hydrogens is 310 g/mol. The van der Waals surface area contributed by atoms with Crippen LogP contribution in [0.3, 0.4) is 0 Å². The van der Waals surface area contributed by atoms with Gasteiger partial charge >= 0.3 is 5.97 Å². The number of halogens is 1. The van der Waals surface area contributed by atoms with Gasteiger partial charge in [-0.15, -0.1) is 11.8 Å². The van der Waals surface area contributed by atoms with Crippen molar-refractivity contribution in [3.63, 3.8) is 0 Å². The molecule has 0 spiro atoms. The van der Waals surface area contributed by atoms with E-state index in [0.717, 1.165) is 18.5 Å². The van der Waals surface area contributed by atoms with Gasteiger partial charge in [0, 0.05) is 23.4 Å². The number of esters is 1. The predicted octanol–water partition coefficient (Wildman–Crippen LogP) is 2.39. The van der Waals surface area contributed by atoms with Gasteiger partial charge in [-0.05, 0) is 18.1 Å². The van der Waals surface area contributed by atoms with Gasteiger partial charge in [0.1, 0.15) is 0 Å². The van der Waals surface area contributed by atoms with E-state index >= 15 is 0 Å². The molecule has 1 fully saturated rings. The molecule has 0 aliphatic carbocycles. The van der Waals surface area contributed by atoms with Crippen LogP contribution in [-0.4, -0.2) is 48.0 Å². The minimum Gasteiger partial charge on any atom is -0.468 e. The van der Waals surface area contributed by atoms with E-state index in [1.807, 2.05) is 23.1 Å². The third kappa shape index (κ3) is 4.64. The summed E-state index contributed by atoms with van der Waals surface area (Å²) in [5.74, 6) is 0.207. The summed E-state index contributed by atoms with van der Waals surface area (Å²) in [5, 5.41) is 0.931. The average Bonchev–Trinajstić information content (AvgIpc) is 2.96. The maximum atomic E-state index is 12.3. The second kappa shape index (κ2) is 7.71. The van der Waals surface area contributed by atoms with Crippen LogP contribution in [0.25, 0.3) is 0 Å². The largest absolute Gasteiger partial charge is 0.468 e. The minimum absolute atomic E-state index is 0.0873. The van der Waals surface area contributed by atoms with Crippen molar-refractivity contribution >= 4 is 35.2 Å². The van der Waals surface area contributed by atoms with Gasteiger partial charge < -0.3 is 9.64 Å². The van der Waals surface area contributed by atoms with Crippen LogP contribution in [-0.2, 0) is 20.7 Å². The number of hydrogen-bond acceptors (Lipinski definition) is 4. The summed E-state index contributed by atoms with van der Waals surface area (Å²) >= 11 is 7.63. The Morgan fingerprint density at radius 1 is 1.43 bits per heavy atom. The maximum absolute atomic E-state index is 12.3. The van der Waals surface area contributed by atoms with Crippen LogP contribution >= 0.6 is 23.4 Å². The summed E-state index contributed by atoms with van der Waals surface area (Å²) in [6.07, 6.45) is 1.24. The Morgan fingerprint density at radius 2 is 2.19 bits per heavy atom. The molecule has 1 aromatic carbocycles. The number of carbonyl (C=O) groups excluding carboxylic acids is 2. The number of rotatable bonds is 5. The Kier molecular flexibility index (Phi) is 5.94. The first-order chi connectivity index (χ1) is 10.1. The third-order valence-electron chi connectivity index (χ3n) is 3.46. The highest BCUT2D eigenvalue weighted by molar-refractivity contribution is 8.00. The molecule has 0 unspecified atom stereocenters. The number of methoxy groups -OCH3 is 1. The molecule has 1 amide bonds. The van der Waals surface area contributed by atoms with E-state index in [1.165, 1.54) is 7.11 Å². The molecule has 0 N–H and O–H groups in total. The Labute approximate surface area is 133 Å². The van der Waals surface area contributed by atoms with Crippen molar-refractivity contribution in [3.8, 4) is 0 Å². The molecule has 21 heavy (non-hydrogen) atoms. The molecule has 6 heteroatoms. The van der Waals surface area contributed by atoms with Crippen molar-refractivity contribution in [2.24, 2.45) is 0 Å². The number of carbonyl (C=O) groups is 2. The van der Waals surface area contributed by atoms with E-state index in [9.17, 15) is 9.59 Å². The first-order valence-corrected chi connectivity index (χ1v) is 8.22. The van der Waals surface area contributed by atoms with Crippen LogP contribution in [0.5, 0.6) is 0 Å². The molecule has 0 bridgehead atoms. The van der Waals surface area contributed by atoms with Crippen molar-refractivity contribution in [2.45, 2.75) is 18.1 Å². The fourth-order valence-corrected chi connectivity index (χ4v) is 3.50. The highest BCUT2D eigenvalue weighted by atomic mass is 35.5. The van der Waals surface area contributed by atoms with E-state index in [2.05, 4.69) is 4.74 Å². The van der Waals surface area contributed by atoms with Gasteiger partial charge in [0.25, 0.3) is 0 Å². The fourth-order valence-electron chi connectivity index (χ4n) is 2.25.